The van der Waals surface area contributed by atoms with Crippen LogP contribution in [0.2, 0.25) is 5.02 Å². The molecule has 1 aliphatic heterocycles. The molecule has 1 fully saturated rings. The van der Waals surface area contributed by atoms with Gasteiger partial charge in [0.05, 0.1) is 17.8 Å². The Morgan fingerprint density at radius 2 is 1.81 bits per heavy atom. The Labute approximate surface area is 132 Å². The average Bonchev–Trinajstić information content (AvgIpc) is 2.58. The molecule has 1 saturated heterocycles. The van der Waals surface area contributed by atoms with Gasteiger partial charge in [0.25, 0.3) is 0 Å². The predicted molar refractivity (Wildman–Crippen MR) is 87.3 cm³/mol. The van der Waals surface area contributed by atoms with E-state index in [9.17, 15) is 5.11 Å². The maximum absolute atomic E-state index is 9.70. The van der Waals surface area contributed by atoms with E-state index in [2.05, 4.69) is 0 Å². The summed E-state index contributed by atoms with van der Waals surface area (Å²) in [5.74, 6) is 0. The maximum Gasteiger partial charge on any atom is 0.492 e. The van der Waals surface area contributed by atoms with Gasteiger partial charge >= 0.3 is 7.12 Å². The summed E-state index contributed by atoms with van der Waals surface area (Å²) >= 11 is 6.24. The van der Waals surface area contributed by atoms with E-state index in [0.29, 0.717) is 10.5 Å². The molecule has 3 nitrogen and oxygen atoms in total. The van der Waals surface area contributed by atoms with Crippen molar-refractivity contribution in [3.8, 4) is 0 Å². The molecular formula is C16H22BClO3. The van der Waals surface area contributed by atoms with E-state index in [1.165, 1.54) is 0 Å². The normalized spacial score (nSPS) is 20.9. The summed E-state index contributed by atoms with van der Waals surface area (Å²) in [5.41, 5.74) is 1.75. The molecule has 1 aliphatic rings. The number of rotatable bonds is 3. The zero-order chi connectivity index (χ0) is 15.8. The quantitative estimate of drug-likeness (QED) is 0.866. The molecule has 1 heterocycles. The second-order valence-electron chi connectivity index (χ2n) is 6.44. The topological polar surface area (TPSA) is 38.7 Å². The van der Waals surface area contributed by atoms with Crippen molar-refractivity contribution >= 4 is 24.8 Å². The van der Waals surface area contributed by atoms with Crippen LogP contribution in [0, 0.1) is 6.92 Å². The van der Waals surface area contributed by atoms with Crippen molar-refractivity contribution in [2.24, 2.45) is 0 Å². The van der Waals surface area contributed by atoms with Crippen molar-refractivity contribution in [1.29, 1.82) is 0 Å². The predicted octanol–water partition coefficient (Wildman–Crippen LogP) is 3.66. The Kier molecular flexibility index (Phi) is 4.55. The highest BCUT2D eigenvalue weighted by atomic mass is 35.5. The lowest BCUT2D eigenvalue weighted by atomic mass is 9.77. The molecule has 2 rings (SSSR count). The van der Waals surface area contributed by atoms with Crippen LogP contribution in [-0.4, -0.2) is 30.0 Å². The Morgan fingerprint density at radius 3 is 2.29 bits per heavy atom. The first-order valence-corrected chi connectivity index (χ1v) is 7.48. The van der Waals surface area contributed by atoms with Crippen LogP contribution in [0.25, 0.3) is 6.08 Å². The van der Waals surface area contributed by atoms with E-state index in [4.69, 9.17) is 20.9 Å². The third kappa shape index (κ3) is 3.19. The molecule has 1 N–H and O–H groups in total. The summed E-state index contributed by atoms with van der Waals surface area (Å²) in [6, 6.07) is 5.72. The van der Waals surface area contributed by atoms with E-state index in [1.807, 2.05) is 58.9 Å². The fraction of sp³-hybridized carbons (Fsp3) is 0.500. The number of benzene rings is 1. The second kappa shape index (κ2) is 5.77. The van der Waals surface area contributed by atoms with Gasteiger partial charge in [-0.1, -0.05) is 29.8 Å². The molecule has 0 bridgehead atoms. The zero-order valence-electron chi connectivity index (χ0n) is 13.2. The maximum atomic E-state index is 9.70. The lowest BCUT2D eigenvalue weighted by Gasteiger charge is -2.32. The molecule has 1 aromatic rings. The Balaban J connectivity index is 2.36. The fourth-order valence-electron chi connectivity index (χ4n) is 2.20. The molecule has 21 heavy (non-hydrogen) atoms. The van der Waals surface area contributed by atoms with Gasteiger partial charge in [0.15, 0.2) is 0 Å². The minimum Gasteiger partial charge on any atom is -0.400 e. The molecule has 0 amide bonds. The zero-order valence-corrected chi connectivity index (χ0v) is 14.0. The van der Waals surface area contributed by atoms with Gasteiger partial charge in [-0.15, -0.1) is 0 Å². The van der Waals surface area contributed by atoms with Crippen LogP contribution in [0.1, 0.15) is 38.8 Å². The van der Waals surface area contributed by atoms with Gasteiger partial charge in [0.1, 0.15) is 0 Å². The molecule has 0 unspecified atom stereocenters. The number of aliphatic hydroxyl groups excluding tert-OH is 1. The molecule has 114 valence electrons. The number of aryl methyl sites for hydroxylation is 1. The first-order chi connectivity index (χ1) is 9.68. The van der Waals surface area contributed by atoms with E-state index < -0.39 is 18.3 Å². The van der Waals surface area contributed by atoms with Gasteiger partial charge in [0, 0.05) is 5.02 Å². The molecule has 5 heteroatoms. The summed E-state index contributed by atoms with van der Waals surface area (Å²) in [6.45, 7) is 9.80. The van der Waals surface area contributed by atoms with Crippen LogP contribution < -0.4 is 0 Å². The number of hydrogen-bond acceptors (Lipinski definition) is 3. The first-order valence-electron chi connectivity index (χ1n) is 7.10. The average molecular weight is 309 g/mol. The van der Waals surface area contributed by atoms with E-state index in [0.717, 1.165) is 11.1 Å². The highest BCUT2D eigenvalue weighted by Crippen LogP contribution is 2.39. The van der Waals surface area contributed by atoms with Crippen molar-refractivity contribution in [2.45, 2.75) is 45.8 Å². The van der Waals surface area contributed by atoms with Gasteiger partial charge in [-0.25, -0.2) is 0 Å². The first kappa shape index (κ1) is 16.6. The molecule has 0 atom stereocenters. The highest BCUT2D eigenvalue weighted by molar-refractivity contribution is 6.56. The van der Waals surface area contributed by atoms with Crippen LogP contribution in [0.4, 0.5) is 0 Å². The van der Waals surface area contributed by atoms with Gasteiger partial charge in [-0.3, -0.25) is 0 Å². The lowest BCUT2D eigenvalue weighted by molar-refractivity contribution is 0.00578. The Morgan fingerprint density at radius 1 is 1.24 bits per heavy atom. The Hall–Kier alpha value is -0.805. The fourth-order valence-corrected chi connectivity index (χ4v) is 2.47. The monoisotopic (exact) mass is 308 g/mol. The number of hydrogen-bond donors (Lipinski definition) is 1. The van der Waals surface area contributed by atoms with E-state index >= 15 is 0 Å². The summed E-state index contributed by atoms with van der Waals surface area (Å²) in [7, 11) is -0.560. The van der Waals surface area contributed by atoms with Crippen molar-refractivity contribution < 1.29 is 14.4 Å². The smallest absolute Gasteiger partial charge is 0.400 e. The Bertz CT molecular complexity index is 530. The molecule has 0 spiro atoms. The lowest BCUT2D eigenvalue weighted by Crippen LogP contribution is -2.41. The largest absolute Gasteiger partial charge is 0.492 e. The van der Waals surface area contributed by atoms with Crippen molar-refractivity contribution in [3.05, 3.63) is 39.8 Å². The van der Waals surface area contributed by atoms with Crippen molar-refractivity contribution in [1.82, 2.24) is 0 Å². The number of halogens is 1. The molecule has 0 radical (unpaired) electrons. The van der Waals surface area contributed by atoms with Gasteiger partial charge in [0.2, 0.25) is 0 Å². The summed E-state index contributed by atoms with van der Waals surface area (Å²) in [5, 5.41) is 10.3. The standard InChI is InChI=1S/C16H22BClO3/c1-11-7-6-8-14(18)13(11)9-12(10-19)17-20-15(2,3)16(4,5)21-17/h6-9,19H,10H2,1-5H3. The third-order valence-electron chi connectivity index (χ3n) is 4.34. The minimum atomic E-state index is -0.560. The molecule has 0 saturated carbocycles. The van der Waals surface area contributed by atoms with Gasteiger partial charge in [-0.05, 0) is 57.3 Å². The van der Waals surface area contributed by atoms with Gasteiger partial charge < -0.3 is 14.4 Å². The van der Waals surface area contributed by atoms with Crippen molar-refractivity contribution in [2.75, 3.05) is 6.61 Å². The summed E-state index contributed by atoms with van der Waals surface area (Å²) in [6.07, 6.45) is 1.86. The van der Waals surface area contributed by atoms with Crippen LogP contribution in [0.3, 0.4) is 0 Å². The molecule has 1 aromatic carbocycles. The second-order valence-corrected chi connectivity index (χ2v) is 6.84. The summed E-state index contributed by atoms with van der Waals surface area (Å²) in [4.78, 5) is 0. The molecule has 0 aromatic heterocycles. The van der Waals surface area contributed by atoms with Crippen LogP contribution in [-0.2, 0) is 9.31 Å². The van der Waals surface area contributed by atoms with Crippen molar-refractivity contribution in [3.63, 3.8) is 0 Å². The minimum absolute atomic E-state index is 0.137. The van der Waals surface area contributed by atoms with Crippen LogP contribution in [0.15, 0.2) is 23.7 Å². The van der Waals surface area contributed by atoms with E-state index in [-0.39, 0.29) is 6.61 Å². The van der Waals surface area contributed by atoms with E-state index in [1.54, 1.807) is 0 Å². The van der Waals surface area contributed by atoms with Crippen LogP contribution in [0.5, 0.6) is 0 Å². The van der Waals surface area contributed by atoms with Gasteiger partial charge in [-0.2, -0.15) is 0 Å². The highest BCUT2D eigenvalue weighted by Gasteiger charge is 2.52. The summed E-state index contributed by atoms with van der Waals surface area (Å²) < 4.78 is 12.0. The third-order valence-corrected chi connectivity index (χ3v) is 4.67. The number of aliphatic hydroxyl groups is 1. The molecule has 0 aliphatic carbocycles. The van der Waals surface area contributed by atoms with Crippen LogP contribution >= 0.6 is 11.6 Å². The molecular weight excluding hydrogens is 286 g/mol. The SMILES string of the molecule is Cc1cccc(Cl)c1C=C(CO)B1OC(C)(C)C(C)(C)O1.